The molecule has 1 aliphatic heterocycles. The first-order valence-corrected chi connectivity index (χ1v) is 14.2. The molecule has 0 radical (unpaired) electrons. The van der Waals surface area contributed by atoms with Gasteiger partial charge in [0.15, 0.2) is 11.6 Å². The average Bonchev–Trinajstić information content (AvgIpc) is 3.51. The van der Waals surface area contributed by atoms with Gasteiger partial charge < -0.3 is 9.64 Å². The standard InChI is InChI=1S/C26H32ClFN2O3S/c27-21-4-1-3-17(11-21)12-22-20(16-30-8-2-9-30)13-19-14-24(28)25(15-23(19)22)33-10-7-26(18-5-6-18)34(29,31)32/h1,3-4,11,14-15,18,20,22,26H,2,5-10,12-13,16H2,(H2,29,31,32). The summed E-state index contributed by atoms with van der Waals surface area (Å²) in [6, 6.07) is 11.4. The fourth-order valence-electron chi connectivity index (χ4n) is 5.63. The third kappa shape index (κ3) is 5.43. The molecular formula is C26H32ClFN2O3S. The number of benzene rings is 2. The average molecular weight is 507 g/mol. The molecule has 0 spiro atoms. The van der Waals surface area contributed by atoms with Crippen molar-refractivity contribution in [2.75, 3.05) is 26.2 Å². The monoisotopic (exact) mass is 506 g/mol. The lowest BCUT2D eigenvalue weighted by Crippen LogP contribution is -2.41. The van der Waals surface area contributed by atoms with Gasteiger partial charge in [0.05, 0.1) is 11.9 Å². The van der Waals surface area contributed by atoms with Gasteiger partial charge in [-0.15, -0.1) is 0 Å². The van der Waals surface area contributed by atoms with Gasteiger partial charge in [-0.1, -0.05) is 23.7 Å². The summed E-state index contributed by atoms with van der Waals surface area (Å²) in [5.41, 5.74) is 3.35. The third-order valence-electron chi connectivity index (χ3n) is 7.66. The minimum Gasteiger partial charge on any atom is -0.490 e. The van der Waals surface area contributed by atoms with Crippen molar-refractivity contribution in [2.45, 2.75) is 49.7 Å². The Morgan fingerprint density at radius 1 is 1.21 bits per heavy atom. The molecule has 1 saturated heterocycles. The Morgan fingerprint density at radius 3 is 2.65 bits per heavy atom. The first-order valence-electron chi connectivity index (χ1n) is 12.2. The van der Waals surface area contributed by atoms with Gasteiger partial charge in [0, 0.05) is 11.6 Å². The number of nitrogens with two attached hydrogens (primary N) is 1. The van der Waals surface area contributed by atoms with Gasteiger partial charge in [0.2, 0.25) is 10.0 Å². The van der Waals surface area contributed by atoms with Gasteiger partial charge in [0.1, 0.15) is 0 Å². The van der Waals surface area contributed by atoms with Crippen LogP contribution in [0.5, 0.6) is 5.75 Å². The normalized spacial score (nSPS) is 23.4. The summed E-state index contributed by atoms with van der Waals surface area (Å²) in [5, 5.41) is 5.52. The Hall–Kier alpha value is -1.67. The van der Waals surface area contributed by atoms with E-state index in [1.54, 1.807) is 6.07 Å². The van der Waals surface area contributed by atoms with E-state index in [0.717, 1.165) is 61.5 Å². The van der Waals surface area contributed by atoms with Crippen molar-refractivity contribution in [1.29, 1.82) is 0 Å². The predicted octanol–water partition coefficient (Wildman–Crippen LogP) is 4.52. The molecule has 2 aromatic carbocycles. The highest BCUT2D eigenvalue weighted by molar-refractivity contribution is 7.89. The smallest absolute Gasteiger partial charge is 0.212 e. The van der Waals surface area contributed by atoms with Crippen LogP contribution >= 0.6 is 11.6 Å². The van der Waals surface area contributed by atoms with E-state index in [4.69, 9.17) is 21.5 Å². The molecule has 8 heteroatoms. The second-order valence-electron chi connectivity index (χ2n) is 10.1. The molecule has 1 heterocycles. The van der Waals surface area contributed by atoms with Crippen LogP contribution in [-0.2, 0) is 22.9 Å². The second kappa shape index (κ2) is 9.76. The number of halogens is 2. The highest BCUT2D eigenvalue weighted by atomic mass is 35.5. The summed E-state index contributed by atoms with van der Waals surface area (Å²) in [6.07, 6.45) is 4.96. The van der Waals surface area contributed by atoms with Crippen molar-refractivity contribution in [3.63, 3.8) is 0 Å². The maximum atomic E-state index is 15.0. The number of nitrogens with zero attached hydrogens (tertiary/aromatic N) is 1. The van der Waals surface area contributed by atoms with E-state index in [-0.39, 0.29) is 36.4 Å². The number of rotatable bonds is 10. The summed E-state index contributed by atoms with van der Waals surface area (Å²) in [4.78, 5) is 2.47. The van der Waals surface area contributed by atoms with Crippen LogP contribution in [0, 0.1) is 17.7 Å². The molecule has 0 amide bonds. The van der Waals surface area contributed by atoms with Crippen LogP contribution in [0.15, 0.2) is 36.4 Å². The molecule has 184 valence electrons. The topological polar surface area (TPSA) is 72.6 Å². The first-order chi connectivity index (χ1) is 16.3. The van der Waals surface area contributed by atoms with Crippen LogP contribution in [0.25, 0.3) is 0 Å². The van der Waals surface area contributed by atoms with Crippen LogP contribution in [0.3, 0.4) is 0 Å². The van der Waals surface area contributed by atoms with Crippen molar-refractivity contribution in [2.24, 2.45) is 17.0 Å². The van der Waals surface area contributed by atoms with Crippen LogP contribution in [-0.4, -0.2) is 44.8 Å². The molecule has 0 bridgehead atoms. The zero-order valence-electron chi connectivity index (χ0n) is 19.3. The summed E-state index contributed by atoms with van der Waals surface area (Å²) >= 11 is 6.24. The highest BCUT2D eigenvalue weighted by Gasteiger charge is 2.38. The van der Waals surface area contributed by atoms with Crippen LogP contribution in [0.2, 0.25) is 5.02 Å². The largest absolute Gasteiger partial charge is 0.490 e. The Bertz CT molecular complexity index is 1150. The number of likely N-dealkylation sites (tertiary alicyclic amines) is 1. The molecule has 5 rings (SSSR count). The molecule has 2 aliphatic carbocycles. The van der Waals surface area contributed by atoms with E-state index in [9.17, 15) is 12.8 Å². The maximum Gasteiger partial charge on any atom is 0.212 e. The van der Waals surface area contributed by atoms with E-state index in [1.807, 2.05) is 24.3 Å². The minimum atomic E-state index is -3.63. The van der Waals surface area contributed by atoms with Gasteiger partial charge >= 0.3 is 0 Å². The lowest BCUT2D eigenvalue weighted by atomic mass is 9.86. The third-order valence-corrected chi connectivity index (χ3v) is 9.36. The Morgan fingerprint density at radius 2 is 2.00 bits per heavy atom. The van der Waals surface area contributed by atoms with E-state index >= 15 is 0 Å². The maximum absolute atomic E-state index is 15.0. The number of ether oxygens (including phenoxy) is 1. The van der Waals surface area contributed by atoms with Crippen LogP contribution < -0.4 is 9.88 Å². The van der Waals surface area contributed by atoms with E-state index in [1.165, 1.54) is 12.0 Å². The molecule has 0 aromatic heterocycles. The van der Waals surface area contributed by atoms with Crippen molar-refractivity contribution in [3.8, 4) is 5.75 Å². The molecule has 3 atom stereocenters. The summed E-state index contributed by atoms with van der Waals surface area (Å²) in [5.74, 6) is 0.575. The van der Waals surface area contributed by atoms with Gasteiger partial charge in [-0.2, -0.15) is 0 Å². The summed E-state index contributed by atoms with van der Waals surface area (Å²) in [6.45, 7) is 3.40. The summed E-state index contributed by atoms with van der Waals surface area (Å²) < 4.78 is 44.6. The van der Waals surface area contributed by atoms with Crippen LogP contribution in [0.1, 0.15) is 48.3 Å². The van der Waals surface area contributed by atoms with E-state index < -0.39 is 15.3 Å². The van der Waals surface area contributed by atoms with Gasteiger partial charge in [-0.05, 0) is 110 Å². The lowest BCUT2D eigenvalue weighted by Gasteiger charge is -2.35. The molecular weight excluding hydrogens is 475 g/mol. The van der Waals surface area contributed by atoms with Crippen molar-refractivity contribution < 1.29 is 17.5 Å². The van der Waals surface area contributed by atoms with Crippen molar-refractivity contribution in [1.82, 2.24) is 4.90 Å². The number of hydrogen-bond acceptors (Lipinski definition) is 4. The quantitative estimate of drug-likeness (QED) is 0.514. The predicted molar refractivity (Wildman–Crippen MR) is 132 cm³/mol. The molecule has 1 saturated carbocycles. The van der Waals surface area contributed by atoms with E-state index in [0.29, 0.717) is 5.92 Å². The zero-order valence-corrected chi connectivity index (χ0v) is 20.8. The fourth-order valence-corrected chi connectivity index (χ4v) is 7.07. The van der Waals surface area contributed by atoms with E-state index in [2.05, 4.69) is 11.0 Å². The molecule has 2 N–H and O–H groups in total. The minimum absolute atomic E-state index is 0.104. The highest BCUT2D eigenvalue weighted by Crippen LogP contribution is 2.44. The Labute approximate surface area is 206 Å². The zero-order chi connectivity index (χ0) is 23.9. The Balaban J connectivity index is 1.34. The lowest BCUT2D eigenvalue weighted by molar-refractivity contribution is 0.145. The number of fused-ring (bicyclic) bond motifs is 1. The van der Waals surface area contributed by atoms with Gasteiger partial charge in [0.25, 0.3) is 0 Å². The first kappa shape index (κ1) is 24.0. The molecule has 3 aliphatic rings. The molecule has 2 aromatic rings. The number of sulfonamides is 1. The van der Waals surface area contributed by atoms with Crippen LogP contribution in [0.4, 0.5) is 4.39 Å². The SMILES string of the molecule is NS(=O)(=O)C(CCOc1cc2c(cc1F)CC(CN1CCC1)C2Cc1cccc(Cl)c1)C1CC1. The van der Waals surface area contributed by atoms with Crippen molar-refractivity contribution >= 4 is 21.6 Å². The Kier molecular flexibility index (Phi) is 6.90. The second-order valence-corrected chi connectivity index (χ2v) is 12.4. The molecule has 34 heavy (non-hydrogen) atoms. The fraction of sp³-hybridized carbons (Fsp3) is 0.538. The molecule has 5 nitrogen and oxygen atoms in total. The molecule has 2 fully saturated rings. The molecule has 3 unspecified atom stereocenters. The van der Waals surface area contributed by atoms with Gasteiger partial charge in [-0.3, -0.25) is 0 Å². The number of hydrogen-bond donors (Lipinski definition) is 1. The number of primary sulfonamides is 1. The van der Waals surface area contributed by atoms with Crippen molar-refractivity contribution in [3.05, 3.63) is 63.9 Å². The van der Waals surface area contributed by atoms with Gasteiger partial charge in [-0.25, -0.2) is 17.9 Å². The summed E-state index contributed by atoms with van der Waals surface area (Å²) in [7, 11) is -3.63.